The Bertz CT molecular complexity index is 702. The van der Waals surface area contributed by atoms with Gasteiger partial charge in [-0.1, -0.05) is 6.92 Å². The number of hydrogen-bond acceptors (Lipinski definition) is 4. The number of piperidine rings is 1. The number of rotatable bonds is 2. The Morgan fingerprint density at radius 3 is 2.78 bits per heavy atom. The summed E-state index contributed by atoms with van der Waals surface area (Å²) < 4.78 is 0. The van der Waals surface area contributed by atoms with Crippen molar-refractivity contribution < 1.29 is 4.90 Å². The van der Waals surface area contributed by atoms with Gasteiger partial charge in [0.2, 0.25) is 0 Å². The van der Waals surface area contributed by atoms with Gasteiger partial charge in [0.25, 0.3) is 0 Å². The zero-order valence-corrected chi connectivity index (χ0v) is 15.2. The number of aryl methyl sites for hydroxylation is 1. The molecular weight excluding hydrogens is 304 g/mol. The van der Waals surface area contributed by atoms with Crippen LogP contribution in [-0.4, -0.2) is 43.2 Å². The number of nitrogens with one attached hydrogen (secondary N) is 1. The molecule has 1 N–H and O–H groups in total. The van der Waals surface area contributed by atoms with E-state index in [1.807, 2.05) is 11.3 Å². The molecule has 124 valence electrons. The zero-order valence-electron chi connectivity index (χ0n) is 14.4. The maximum absolute atomic E-state index is 4.72. The number of anilines is 1. The lowest BCUT2D eigenvalue weighted by molar-refractivity contribution is -0.884. The fourth-order valence-corrected chi connectivity index (χ4v) is 5.53. The summed E-state index contributed by atoms with van der Waals surface area (Å²) in [6, 6.07) is 0.620. The lowest BCUT2D eigenvalue weighted by atomic mass is 9.89. The average molecular weight is 332 g/mol. The molecule has 1 saturated heterocycles. The normalized spacial score (nSPS) is 27.9. The van der Waals surface area contributed by atoms with E-state index in [-0.39, 0.29) is 0 Å². The van der Waals surface area contributed by atoms with Crippen molar-refractivity contribution in [1.82, 2.24) is 9.97 Å². The maximum atomic E-state index is 4.72. The number of hydrogen-bond donors (Lipinski definition) is 1. The van der Waals surface area contributed by atoms with Gasteiger partial charge in [0.05, 0.1) is 25.5 Å². The van der Waals surface area contributed by atoms with E-state index in [2.05, 4.69) is 30.9 Å². The highest BCUT2D eigenvalue weighted by Gasteiger charge is 2.28. The summed E-state index contributed by atoms with van der Waals surface area (Å²) in [5.41, 5.74) is 1.55. The molecule has 4 rings (SSSR count). The van der Waals surface area contributed by atoms with Crippen molar-refractivity contribution in [2.75, 3.05) is 32.1 Å². The first-order valence-corrected chi connectivity index (χ1v) is 9.74. The van der Waals surface area contributed by atoms with E-state index in [9.17, 15) is 0 Å². The first kappa shape index (κ1) is 15.3. The second-order valence-corrected chi connectivity index (χ2v) is 8.61. The summed E-state index contributed by atoms with van der Waals surface area (Å²) in [4.78, 5) is 16.2. The van der Waals surface area contributed by atoms with Crippen LogP contribution in [0.3, 0.4) is 0 Å². The highest BCUT2D eigenvalue weighted by molar-refractivity contribution is 7.19. The van der Waals surface area contributed by atoms with Crippen LogP contribution in [0, 0.1) is 5.92 Å². The molecule has 0 unspecified atom stereocenters. The third kappa shape index (κ3) is 2.74. The molecule has 2 aromatic rings. The summed E-state index contributed by atoms with van der Waals surface area (Å²) in [7, 11) is 4.54. The molecule has 0 saturated carbocycles. The number of likely N-dealkylation sites (tertiary alicyclic amines) is 1. The Balaban J connectivity index is 1.72. The highest BCUT2D eigenvalue weighted by atomic mass is 32.1. The van der Waals surface area contributed by atoms with Gasteiger partial charge in [-0.3, -0.25) is 0 Å². The van der Waals surface area contributed by atoms with Crippen molar-refractivity contribution in [3.63, 3.8) is 0 Å². The summed E-state index contributed by atoms with van der Waals surface area (Å²) >= 11 is 1.90. The molecule has 0 spiro atoms. The summed E-state index contributed by atoms with van der Waals surface area (Å²) in [6.45, 7) is 4.90. The molecule has 3 heterocycles. The quantitative estimate of drug-likeness (QED) is 0.913. The number of nitrogens with zero attached hydrogens (tertiary/aromatic N) is 3. The van der Waals surface area contributed by atoms with Crippen LogP contribution in [0.15, 0.2) is 6.33 Å². The smallest absolute Gasteiger partial charge is 0.141 e. The van der Waals surface area contributed by atoms with E-state index in [0.717, 1.165) is 5.92 Å². The molecule has 1 fully saturated rings. The third-order valence-corrected chi connectivity index (χ3v) is 6.92. The van der Waals surface area contributed by atoms with Gasteiger partial charge >= 0.3 is 0 Å². The molecule has 0 radical (unpaired) electrons. The van der Waals surface area contributed by atoms with Gasteiger partial charge in [-0.2, -0.15) is 0 Å². The standard InChI is InChI=1S/C18H26N4S/c1-12-4-5-14-15(10-12)23-18-16(14)17(19-11-20-18)22(3)13-6-8-21(2)9-7-13/h11-13H,4-10H2,1-3H3/p+1/t12-/m1/s1. The Morgan fingerprint density at radius 1 is 1.22 bits per heavy atom. The van der Waals surface area contributed by atoms with Crippen LogP contribution in [0.4, 0.5) is 5.82 Å². The van der Waals surface area contributed by atoms with E-state index >= 15 is 0 Å². The molecule has 1 aliphatic carbocycles. The summed E-state index contributed by atoms with van der Waals surface area (Å²) in [6.07, 6.45) is 8.00. The van der Waals surface area contributed by atoms with Gasteiger partial charge in [0.1, 0.15) is 17.0 Å². The van der Waals surface area contributed by atoms with Crippen molar-refractivity contribution >= 4 is 27.4 Å². The molecule has 0 amide bonds. The van der Waals surface area contributed by atoms with Crippen LogP contribution >= 0.6 is 11.3 Å². The van der Waals surface area contributed by atoms with Gasteiger partial charge in [-0.15, -0.1) is 11.3 Å². The van der Waals surface area contributed by atoms with Crippen LogP contribution in [0.5, 0.6) is 0 Å². The largest absolute Gasteiger partial charge is 0.356 e. The van der Waals surface area contributed by atoms with Gasteiger partial charge in [0.15, 0.2) is 0 Å². The van der Waals surface area contributed by atoms with Crippen molar-refractivity contribution in [3.8, 4) is 0 Å². The molecule has 0 bridgehead atoms. The average Bonchev–Trinajstić information content (AvgIpc) is 2.92. The predicted molar refractivity (Wildman–Crippen MR) is 96.6 cm³/mol. The van der Waals surface area contributed by atoms with E-state index in [1.165, 1.54) is 61.2 Å². The van der Waals surface area contributed by atoms with Crippen molar-refractivity contribution in [2.24, 2.45) is 5.92 Å². The molecule has 1 aliphatic heterocycles. The fraction of sp³-hybridized carbons (Fsp3) is 0.667. The second kappa shape index (κ2) is 6.02. The molecule has 1 atom stereocenters. The number of aromatic nitrogens is 2. The van der Waals surface area contributed by atoms with E-state index in [1.54, 1.807) is 21.7 Å². The van der Waals surface area contributed by atoms with Crippen LogP contribution < -0.4 is 9.80 Å². The minimum Gasteiger partial charge on any atom is -0.356 e. The Hall–Kier alpha value is -1.20. The molecule has 2 aliphatic rings. The third-order valence-electron chi connectivity index (χ3n) is 5.76. The minimum atomic E-state index is 0.620. The second-order valence-electron chi connectivity index (χ2n) is 7.53. The summed E-state index contributed by atoms with van der Waals surface area (Å²) in [5, 5.41) is 1.35. The van der Waals surface area contributed by atoms with Crippen LogP contribution in [0.2, 0.25) is 0 Å². The van der Waals surface area contributed by atoms with Gasteiger partial charge in [0, 0.05) is 30.8 Å². The number of thiophene rings is 1. The lowest BCUT2D eigenvalue weighted by Gasteiger charge is -2.34. The lowest BCUT2D eigenvalue weighted by Crippen LogP contribution is -3.10. The molecule has 0 aromatic carbocycles. The molecule has 23 heavy (non-hydrogen) atoms. The minimum absolute atomic E-state index is 0.620. The van der Waals surface area contributed by atoms with Crippen LogP contribution in [-0.2, 0) is 12.8 Å². The monoisotopic (exact) mass is 331 g/mol. The van der Waals surface area contributed by atoms with Crippen molar-refractivity contribution in [2.45, 2.75) is 45.1 Å². The molecule has 2 aromatic heterocycles. The Labute approximate surface area is 142 Å². The molecule has 4 nitrogen and oxygen atoms in total. The van der Waals surface area contributed by atoms with E-state index < -0.39 is 0 Å². The first-order valence-electron chi connectivity index (χ1n) is 8.93. The van der Waals surface area contributed by atoms with Gasteiger partial charge in [-0.05, 0) is 30.7 Å². The van der Waals surface area contributed by atoms with Crippen LogP contribution in [0.25, 0.3) is 10.2 Å². The fourth-order valence-electron chi connectivity index (χ4n) is 4.18. The highest BCUT2D eigenvalue weighted by Crippen LogP contribution is 2.40. The molecule has 5 heteroatoms. The Kier molecular flexibility index (Phi) is 4.01. The number of quaternary nitrogens is 1. The molecular formula is C18H27N4S+. The summed E-state index contributed by atoms with van der Waals surface area (Å²) in [5.74, 6) is 1.98. The van der Waals surface area contributed by atoms with E-state index in [4.69, 9.17) is 4.98 Å². The maximum Gasteiger partial charge on any atom is 0.141 e. The van der Waals surface area contributed by atoms with Crippen molar-refractivity contribution in [1.29, 1.82) is 0 Å². The van der Waals surface area contributed by atoms with Gasteiger partial charge in [-0.25, -0.2) is 9.97 Å². The topological polar surface area (TPSA) is 33.5 Å². The van der Waals surface area contributed by atoms with Gasteiger partial charge < -0.3 is 9.80 Å². The Morgan fingerprint density at radius 2 is 2.00 bits per heavy atom. The van der Waals surface area contributed by atoms with Crippen molar-refractivity contribution in [3.05, 3.63) is 16.8 Å². The SMILES string of the molecule is C[C@@H]1CCc2c(sc3ncnc(N(C)C4CC[NH+](C)CC4)c23)C1. The first-order chi connectivity index (χ1) is 11.1. The van der Waals surface area contributed by atoms with Crippen LogP contribution in [0.1, 0.15) is 36.6 Å². The predicted octanol–water partition coefficient (Wildman–Crippen LogP) is 1.93. The van der Waals surface area contributed by atoms with E-state index in [0.29, 0.717) is 6.04 Å². The number of fused-ring (bicyclic) bond motifs is 3. The zero-order chi connectivity index (χ0) is 16.0.